The number of rotatable bonds is 11. The Labute approximate surface area is 171 Å². The molecule has 0 aromatic carbocycles. The topological polar surface area (TPSA) is 55.8 Å². The summed E-state index contributed by atoms with van der Waals surface area (Å²) in [5.41, 5.74) is -0.502. The van der Waals surface area contributed by atoms with Gasteiger partial charge in [-0.15, -0.1) is 0 Å². The van der Waals surface area contributed by atoms with Gasteiger partial charge in [-0.3, -0.25) is 4.79 Å². The van der Waals surface area contributed by atoms with Crippen molar-refractivity contribution in [2.75, 3.05) is 13.9 Å². The molecule has 1 fully saturated rings. The molecule has 0 unspecified atom stereocenters. The number of allylic oxidation sites excluding steroid dienone is 2. The molecule has 4 nitrogen and oxygen atoms in total. The zero-order valence-corrected chi connectivity index (χ0v) is 18.2. The fourth-order valence-corrected chi connectivity index (χ4v) is 5.63. The fraction of sp³-hybridized carbons (Fsp3) is 0.792. The first kappa shape index (κ1) is 23.2. The standard InChI is InChI=1S/C24H40O4/c1-5-6-7-8-10-18(2)20-14-13-19-21(24(20,3)23(26)15-16-25)11-9-12-22(19)28-17-27-4/h13-16,18-22,25H,5-12,17H2,1-4H3/b16-15-/t18-,19+,20+,21-,22-,24-/m1/s1. The van der Waals surface area contributed by atoms with Crippen molar-refractivity contribution in [2.24, 2.45) is 29.1 Å². The summed E-state index contributed by atoms with van der Waals surface area (Å²) in [6, 6.07) is 0. The molecule has 0 bridgehead atoms. The summed E-state index contributed by atoms with van der Waals surface area (Å²) < 4.78 is 11.1. The Hall–Kier alpha value is -1.13. The van der Waals surface area contributed by atoms with E-state index in [2.05, 4.69) is 32.9 Å². The number of hydrogen-bond acceptors (Lipinski definition) is 4. The van der Waals surface area contributed by atoms with E-state index < -0.39 is 5.41 Å². The molecular weight excluding hydrogens is 352 g/mol. The predicted molar refractivity (Wildman–Crippen MR) is 113 cm³/mol. The molecule has 2 rings (SSSR count). The summed E-state index contributed by atoms with van der Waals surface area (Å²) in [5, 5.41) is 9.31. The minimum absolute atomic E-state index is 0.0483. The molecule has 0 radical (unpaired) electrons. The molecule has 0 saturated heterocycles. The van der Waals surface area contributed by atoms with E-state index >= 15 is 0 Å². The minimum Gasteiger partial charge on any atom is -0.515 e. The van der Waals surface area contributed by atoms with Crippen LogP contribution in [0.3, 0.4) is 0 Å². The first-order chi connectivity index (χ1) is 13.5. The molecule has 2 aliphatic rings. The van der Waals surface area contributed by atoms with Crippen LogP contribution in [0.4, 0.5) is 0 Å². The zero-order valence-electron chi connectivity index (χ0n) is 18.2. The SMILES string of the molecule is CCCCCC[C@@H](C)[C@@H]1C=C[C@H]2[C@@H](CCC[C@H]2OCOC)[C@]1(C)C(=O)/C=C\O. The number of hydrogen-bond donors (Lipinski definition) is 1. The van der Waals surface area contributed by atoms with Crippen LogP contribution in [0.1, 0.15) is 72.1 Å². The average Bonchev–Trinajstić information content (AvgIpc) is 2.70. The lowest BCUT2D eigenvalue weighted by molar-refractivity contribution is -0.145. The summed E-state index contributed by atoms with van der Waals surface area (Å²) in [5.74, 6) is 1.15. The van der Waals surface area contributed by atoms with Gasteiger partial charge < -0.3 is 14.6 Å². The number of carbonyl (C=O) groups is 1. The molecule has 4 heteroatoms. The first-order valence-corrected chi connectivity index (χ1v) is 11.1. The highest BCUT2D eigenvalue weighted by atomic mass is 16.7. The van der Waals surface area contributed by atoms with Crippen molar-refractivity contribution in [3.63, 3.8) is 0 Å². The van der Waals surface area contributed by atoms with Crippen molar-refractivity contribution >= 4 is 5.78 Å². The monoisotopic (exact) mass is 392 g/mol. The van der Waals surface area contributed by atoms with Gasteiger partial charge in [0.1, 0.15) is 6.79 Å². The van der Waals surface area contributed by atoms with Crippen LogP contribution in [0.5, 0.6) is 0 Å². The van der Waals surface area contributed by atoms with Gasteiger partial charge in [0.05, 0.1) is 12.4 Å². The fourth-order valence-electron chi connectivity index (χ4n) is 5.63. The van der Waals surface area contributed by atoms with E-state index in [4.69, 9.17) is 9.47 Å². The molecular formula is C24H40O4. The number of unbranched alkanes of at least 4 members (excludes halogenated alkanes) is 3. The Bertz CT molecular complexity index is 541. The molecule has 0 amide bonds. The lowest BCUT2D eigenvalue weighted by Gasteiger charge is -2.52. The molecule has 6 atom stereocenters. The zero-order chi connectivity index (χ0) is 20.6. The highest BCUT2D eigenvalue weighted by Crippen LogP contribution is 2.54. The number of aliphatic hydroxyl groups is 1. The van der Waals surface area contributed by atoms with E-state index in [9.17, 15) is 9.90 Å². The van der Waals surface area contributed by atoms with Crippen molar-refractivity contribution in [1.82, 2.24) is 0 Å². The van der Waals surface area contributed by atoms with Crippen molar-refractivity contribution in [1.29, 1.82) is 0 Å². The number of fused-ring (bicyclic) bond motifs is 1. The molecule has 1 saturated carbocycles. The molecule has 28 heavy (non-hydrogen) atoms. The minimum atomic E-state index is -0.502. The summed E-state index contributed by atoms with van der Waals surface area (Å²) in [6.07, 6.45) is 16.2. The lowest BCUT2D eigenvalue weighted by atomic mass is 9.52. The normalized spacial score (nSPS) is 33.7. The van der Waals surface area contributed by atoms with Crippen LogP contribution < -0.4 is 0 Å². The summed E-state index contributed by atoms with van der Waals surface area (Å²) in [7, 11) is 1.65. The summed E-state index contributed by atoms with van der Waals surface area (Å²) in [4.78, 5) is 13.2. The van der Waals surface area contributed by atoms with Crippen LogP contribution in [-0.2, 0) is 14.3 Å². The van der Waals surface area contributed by atoms with Gasteiger partial charge in [0, 0.05) is 24.5 Å². The molecule has 0 heterocycles. The van der Waals surface area contributed by atoms with E-state index in [0.29, 0.717) is 12.7 Å². The second kappa shape index (κ2) is 11.2. The Kier molecular flexibility index (Phi) is 9.23. The lowest BCUT2D eigenvalue weighted by Crippen LogP contribution is -2.52. The van der Waals surface area contributed by atoms with Gasteiger partial charge in [-0.05, 0) is 30.6 Å². The van der Waals surface area contributed by atoms with Crippen molar-refractivity contribution in [3.05, 3.63) is 24.5 Å². The highest BCUT2D eigenvalue weighted by Gasteiger charge is 2.53. The predicted octanol–water partition coefficient (Wildman–Crippen LogP) is 5.83. The average molecular weight is 393 g/mol. The van der Waals surface area contributed by atoms with Crippen LogP contribution in [-0.4, -0.2) is 30.9 Å². The Morgan fingerprint density at radius 3 is 2.75 bits per heavy atom. The third-order valence-electron chi connectivity index (χ3n) is 7.18. The van der Waals surface area contributed by atoms with Crippen molar-refractivity contribution in [3.8, 4) is 0 Å². The number of methoxy groups -OCH3 is 1. The van der Waals surface area contributed by atoms with E-state index in [1.165, 1.54) is 31.8 Å². The molecule has 0 spiro atoms. The number of ketones is 1. The molecule has 0 aromatic heterocycles. The van der Waals surface area contributed by atoms with Gasteiger partial charge >= 0.3 is 0 Å². The van der Waals surface area contributed by atoms with Gasteiger partial charge in [0.25, 0.3) is 0 Å². The van der Waals surface area contributed by atoms with E-state index in [1.807, 2.05) is 0 Å². The number of ether oxygens (including phenoxy) is 2. The maximum atomic E-state index is 13.2. The molecule has 1 N–H and O–H groups in total. The highest BCUT2D eigenvalue weighted by molar-refractivity contribution is 5.95. The largest absolute Gasteiger partial charge is 0.515 e. The van der Waals surface area contributed by atoms with Gasteiger partial charge in [-0.25, -0.2) is 0 Å². The van der Waals surface area contributed by atoms with Gasteiger partial charge in [-0.1, -0.05) is 71.4 Å². The van der Waals surface area contributed by atoms with Crippen LogP contribution in [0.25, 0.3) is 0 Å². The third-order valence-corrected chi connectivity index (χ3v) is 7.18. The number of aliphatic hydroxyl groups excluding tert-OH is 1. The van der Waals surface area contributed by atoms with E-state index in [-0.39, 0.29) is 29.6 Å². The summed E-state index contributed by atoms with van der Waals surface area (Å²) >= 11 is 0. The number of carbonyl (C=O) groups excluding carboxylic acids is 1. The molecule has 0 aromatic rings. The van der Waals surface area contributed by atoms with E-state index in [0.717, 1.165) is 31.9 Å². The Morgan fingerprint density at radius 2 is 2.07 bits per heavy atom. The van der Waals surface area contributed by atoms with Gasteiger partial charge in [0.15, 0.2) is 5.78 Å². The van der Waals surface area contributed by atoms with Crippen molar-refractivity contribution in [2.45, 2.75) is 78.2 Å². The maximum Gasteiger partial charge on any atom is 0.165 e. The Balaban J connectivity index is 2.27. The van der Waals surface area contributed by atoms with Crippen LogP contribution in [0.15, 0.2) is 24.5 Å². The third kappa shape index (κ3) is 5.07. The summed E-state index contributed by atoms with van der Waals surface area (Å²) in [6.45, 7) is 6.94. The van der Waals surface area contributed by atoms with Crippen LogP contribution >= 0.6 is 0 Å². The van der Waals surface area contributed by atoms with E-state index in [1.54, 1.807) is 7.11 Å². The molecule has 0 aliphatic heterocycles. The molecule has 160 valence electrons. The van der Waals surface area contributed by atoms with Crippen LogP contribution in [0, 0.1) is 29.1 Å². The van der Waals surface area contributed by atoms with Gasteiger partial charge in [0.2, 0.25) is 0 Å². The van der Waals surface area contributed by atoms with Crippen LogP contribution in [0.2, 0.25) is 0 Å². The smallest absolute Gasteiger partial charge is 0.165 e. The van der Waals surface area contributed by atoms with Crippen molar-refractivity contribution < 1.29 is 19.4 Å². The molecule has 2 aliphatic carbocycles. The maximum absolute atomic E-state index is 13.2. The first-order valence-electron chi connectivity index (χ1n) is 11.1. The second-order valence-electron chi connectivity index (χ2n) is 8.93. The quantitative estimate of drug-likeness (QED) is 0.158. The Morgan fingerprint density at radius 1 is 1.29 bits per heavy atom. The second-order valence-corrected chi connectivity index (χ2v) is 8.93. The van der Waals surface area contributed by atoms with Gasteiger partial charge in [-0.2, -0.15) is 0 Å².